The molecule has 0 aromatic carbocycles. The van der Waals surface area contributed by atoms with Gasteiger partial charge >= 0.3 is 0 Å². The Labute approximate surface area is 127 Å². The maximum atomic E-state index is 12.4. The third kappa shape index (κ3) is 4.16. The Kier molecular flexibility index (Phi) is 5.96. The van der Waals surface area contributed by atoms with Crippen molar-refractivity contribution in [2.75, 3.05) is 31.1 Å². The molecule has 0 bridgehead atoms. The van der Waals surface area contributed by atoms with Crippen molar-refractivity contribution in [3.63, 3.8) is 0 Å². The van der Waals surface area contributed by atoms with Gasteiger partial charge in [0.25, 0.3) is 5.91 Å². The van der Waals surface area contributed by atoms with E-state index in [9.17, 15) is 4.79 Å². The van der Waals surface area contributed by atoms with Gasteiger partial charge in [-0.05, 0) is 32.1 Å². The molecule has 2 heterocycles. The van der Waals surface area contributed by atoms with E-state index in [-0.39, 0.29) is 5.91 Å². The molecule has 0 aliphatic carbocycles. The van der Waals surface area contributed by atoms with Gasteiger partial charge in [-0.25, -0.2) is 9.97 Å². The molecule has 0 atom stereocenters. The molecule has 1 aromatic heterocycles. The second-order valence-corrected chi connectivity index (χ2v) is 5.60. The zero-order valence-electron chi connectivity index (χ0n) is 13.2. The summed E-state index contributed by atoms with van der Waals surface area (Å²) in [6.45, 7) is 7.81. The zero-order chi connectivity index (χ0) is 15.1. The van der Waals surface area contributed by atoms with Crippen LogP contribution in [0.3, 0.4) is 0 Å². The fourth-order valence-corrected chi connectivity index (χ4v) is 2.73. The van der Waals surface area contributed by atoms with Crippen LogP contribution in [0, 0.1) is 0 Å². The van der Waals surface area contributed by atoms with Crippen LogP contribution in [0.4, 0.5) is 5.82 Å². The third-order valence-electron chi connectivity index (χ3n) is 3.81. The number of anilines is 1. The second-order valence-electron chi connectivity index (χ2n) is 5.60. The molecule has 1 fully saturated rings. The van der Waals surface area contributed by atoms with Gasteiger partial charge in [0.2, 0.25) is 0 Å². The first-order chi connectivity index (χ1) is 10.3. The Morgan fingerprint density at radius 3 is 2.29 bits per heavy atom. The standard InChI is InChI=1S/C16H26N4O/c1-3-8-20(9-4-2)16(21)14-12-18-15(13-17-14)19-10-6-5-7-11-19/h12-13H,3-11H2,1-2H3. The molecule has 1 aliphatic rings. The number of piperidine rings is 1. The Hall–Kier alpha value is -1.65. The normalized spacial score (nSPS) is 15.0. The summed E-state index contributed by atoms with van der Waals surface area (Å²) in [7, 11) is 0. The van der Waals surface area contributed by atoms with Gasteiger partial charge in [-0.15, -0.1) is 0 Å². The van der Waals surface area contributed by atoms with Crippen molar-refractivity contribution in [2.45, 2.75) is 46.0 Å². The van der Waals surface area contributed by atoms with Gasteiger partial charge in [0.05, 0.1) is 12.4 Å². The highest BCUT2D eigenvalue weighted by molar-refractivity contribution is 5.92. The highest BCUT2D eigenvalue weighted by Gasteiger charge is 2.17. The molecule has 1 saturated heterocycles. The van der Waals surface area contributed by atoms with Crippen LogP contribution in [0.5, 0.6) is 0 Å². The number of hydrogen-bond acceptors (Lipinski definition) is 4. The van der Waals surface area contributed by atoms with E-state index in [4.69, 9.17) is 0 Å². The minimum atomic E-state index is -0.00334. The summed E-state index contributed by atoms with van der Waals surface area (Å²) in [6, 6.07) is 0. The van der Waals surface area contributed by atoms with Crippen molar-refractivity contribution in [3.8, 4) is 0 Å². The van der Waals surface area contributed by atoms with Gasteiger partial charge in [0.1, 0.15) is 11.5 Å². The molecule has 1 aliphatic heterocycles. The molecule has 21 heavy (non-hydrogen) atoms. The quantitative estimate of drug-likeness (QED) is 0.808. The summed E-state index contributed by atoms with van der Waals surface area (Å²) in [5.74, 6) is 0.889. The largest absolute Gasteiger partial charge is 0.355 e. The SMILES string of the molecule is CCCN(CCC)C(=O)c1cnc(N2CCCCC2)cn1. The van der Waals surface area contributed by atoms with Crippen LogP contribution in [0.1, 0.15) is 56.4 Å². The van der Waals surface area contributed by atoms with E-state index >= 15 is 0 Å². The first-order valence-corrected chi connectivity index (χ1v) is 8.12. The van der Waals surface area contributed by atoms with E-state index in [2.05, 4.69) is 28.7 Å². The van der Waals surface area contributed by atoms with Crippen molar-refractivity contribution in [1.29, 1.82) is 0 Å². The Morgan fingerprint density at radius 2 is 1.76 bits per heavy atom. The van der Waals surface area contributed by atoms with Gasteiger partial charge in [-0.2, -0.15) is 0 Å². The number of hydrogen-bond donors (Lipinski definition) is 0. The molecule has 0 N–H and O–H groups in total. The first-order valence-electron chi connectivity index (χ1n) is 8.12. The van der Waals surface area contributed by atoms with Crippen LogP contribution >= 0.6 is 0 Å². The van der Waals surface area contributed by atoms with Gasteiger partial charge in [0, 0.05) is 26.2 Å². The third-order valence-corrected chi connectivity index (χ3v) is 3.81. The predicted octanol–water partition coefficient (Wildman–Crippen LogP) is 2.73. The molecular weight excluding hydrogens is 264 g/mol. The number of amides is 1. The monoisotopic (exact) mass is 290 g/mol. The number of aromatic nitrogens is 2. The van der Waals surface area contributed by atoms with Gasteiger partial charge < -0.3 is 9.80 Å². The molecule has 1 aromatic rings. The Balaban J connectivity index is 2.04. The lowest BCUT2D eigenvalue weighted by Gasteiger charge is -2.27. The van der Waals surface area contributed by atoms with Crippen LogP contribution in [0.25, 0.3) is 0 Å². The van der Waals surface area contributed by atoms with Crippen molar-refractivity contribution in [1.82, 2.24) is 14.9 Å². The van der Waals surface area contributed by atoms with Gasteiger partial charge in [0.15, 0.2) is 0 Å². The second kappa shape index (κ2) is 7.96. The van der Waals surface area contributed by atoms with E-state index < -0.39 is 0 Å². The summed E-state index contributed by atoms with van der Waals surface area (Å²) in [5.41, 5.74) is 0.456. The minimum Gasteiger partial charge on any atom is -0.355 e. The van der Waals surface area contributed by atoms with E-state index in [1.165, 1.54) is 19.3 Å². The van der Waals surface area contributed by atoms with Crippen LogP contribution < -0.4 is 4.90 Å². The highest BCUT2D eigenvalue weighted by Crippen LogP contribution is 2.16. The summed E-state index contributed by atoms with van der Waals surface area (Å²) in [4.78, 5) is 25.3. The number of nitrogens with zero attached hydrogens (tertiary/aromatic N) is 4. The Bertz CT molecular complexity index is 434. The van der Waals surface area contributed by atoms with E-state index in [1.807, 2.05) is 4.90 Å². The highest BCUT2D eigenvalue weighted by atomic mass is 16.2. The molecule has 116 valence electrons. The molecule has 2 rings (SSSR count). The Morgan fingerprint density at radius 1 is 1.10 bits per heavy atom. The lowest BCUT2D eigenvalue weighted by Crippen LogP contribution is -2.34. The maximum Gasteiger partial charge on any atom is 0.274 e. The average molecular weight is 290 g/mol. The van der Waals surface area contributed by atoms with E-state index in [0.717, 1.165) is 44.8 Å². The smallest absolute Gasteiger partial charge is 0.274 e. The lowest BCUT2D eigenvalue weighted by molar-refractivity contribution is 0.0749. The van der Waals surface area contributed by atoms with Crippen molar-refractivity contribution >= 4 is 11.7 Å². The van der Waals surface area contributed by atoms with E-state index in [0.29, 0.717) is 5.69 Å². The van der Waals surface area contributed by atoms with Crippen molar-refractivity contribution in [2.24, 2.45) is 0 Å². The maximum absolute atomic E-state index is 12.4. The van der Waals surface area contributed by atoms with Crippen LogP contribution in [-0.2, 0) is 0 Å². The summed E-state index contributed by atoms with van der Waals surface area (Å²) in [6.07, 6.45) is 9.02. The molecule has 0 unspecified atom stereocenters. The average Bonchev–Trinajstić information content (AvgIpc) is 2.55. The fraction of sp³-hybridized carbons (Fsp3) is 0.688. The number of carbonyl (C=O) groups excluding carboxylic acids is 1. The number of rotatable bonds is 6. The minimum absolute atomic E-state index is 0.00334. The van der Waals surface area contributed by atoms with Gasteiger partial charge in [-0.1, -0.05) is 13.8 Å². The predicted molar refractivity (Wildman–Crippen MR) is 84.6 cm³/mol. The molecule has 1 amide bonds. The van der Waals surface area contributed by atoms with Gasteiger partial charge in [-0.3, -0.25) is 4.79 Å². The summed E-state index contributed by atoms with van der Waals surface area (Å²) < 4.78 is 0. The summed E-state index contributed by atoms with van der Waals surface area (Å²) >= 11 is 0. The summed E-state index contributed by atoms with van der Waals surface area (Å²) in [5, 5.41) is 0. The fourth-order valence-electron chi connectivity index (χ4n) is 2.73. The van der Waals surface area contributed by atoms with Crippen molar-refractivity contribution < 1.29 is 4.79 Å². The van der Waals surface area contributed by atoms with E-state index in [1.54, 1.807) is 12.4 Å². The molecule has 5 heteroatoms. The lowest BCUT2D eigenvalue weighted by atomic mass is 10.1. The molecular formula is C16H26N4O. The molecule has 0 radical (unpaired) electrons. The number of carbonyl (C=O) groups is 1. The molecule has 0 spiro atoms. The first kappa shape index (κ1) is 15.7. The van der Waals surface area contributed by atoms with Crippen LogP contribution in [0.15, 0.2) is 12.4 Å². The van der Waals surface area contributed by atoms with Crippen LogP contribution in [0.2, 0.25) is 0 Å². The van der Waals surface area contributed by atoms with Crippen molar-refractivity contribution in [3.05, 3.63) is 18.1 Å². The zero-order valence-corrected chi connectivity index (χ0v) is 13.2. The topological polar surface area (TPSA) is 49.3 Å². The molecule has 0 saturated carbocycles. The molecule has 5 nitrogen and oxygen atoms in total. The van der Waals surface area contributed by atoms with Crippen LogP contribution in [-0.4, -0.2) is 47.0 Å².